The van der Waals surface area contributed by atoms with Crippen LogP contribution < -0.4 is 5.48 Å². The number of hydrogen-bond donors (Lipinski definition) is 2. The van der Waals surface area contributed by atoms with Gasteiger partial charge in [0.25, 0.3) is 0 Å². The van der Waals surface area contributed by atoms with E-state index in [1.807, 2.05) is 20.8 Å². The lowest BCUT2D eigenvalue weighted by Crippen LogP contribution is -2.04. The largest absolute Gasteiger partial charge is 0.290 e. The van der Waals surface area contributed by atoms with Crippen LogP contribution in [-0.4, -0.2) is 15.0 Å². The average molecular weight is 169 g/mol. The molecule has 0 atom stereocenters. The van der Waals surface area contributed by atoms with Crippen molar-refractivity contribution in [2.45, 2.75) is 33.7 Å². The highest BCUT2D eigenvalue weighted by molar-refractivity contribution is 5.45. The summed E-state index contributed by atoms with van der Waals surface area (Å²) in [4.78, 5) is 0. The predicted octanol–water partition coefficient (Wildman–Crippen LogP) is 1.57. The predicted molar refractivity (Wildman–Crippen MR) is 47.4 cm³/mol. The fraction of sp³-hybridized carbons (Fsp3) is 0.625. The summed E-state index contributed by atoms with van der Waals surface area (Å²) in [5, 5.41) is 13.1. The zero-order chi connectivity index (χ0) is 9.14. The molecule has 0 fully saturated rings. The molecule has 0 aromatic carbocycles. The summed E-state index contributed by atoms with van der Waals surface area (Å²) in [5.74, 6) is 0.720. The Balaban J connectivity index is 3.16. The van der Waals surface area contributed by atoms with Crippen LogP contribution in [0.5, 0.6) is 0 Å². The van der Waals surface area contributed by atoms with E-state index in [1.165, 1.54) is 0 Å². The molecule has 0 saturated heterocycles. The molecule has 0 radical (unpaired) electrons. The van der Waals surface area contributed by atoms with E-state index in [-0.39, 0.29) is 0 Å². The van der Waals surface area contributed by atoms with E-state index >= 15 is 0 Å². The fourth-order valence-electron chi connectivity index (χ4n) is 1.40. The molecule has 1 heterocycles. The molecule has 2 N–H and O–H groups in total. The number of rotatable bonds is 3. The average Bonchev–Trinajstić information content (AvgIpc) is 2.40. The molecule has 0 aliphatic rings. The van der Waals surface area contributed by atoms with Crippen molar-refractivity contribution in [1.29, 1.82) is 0 Å². The minimum atomic E-state index is 0.720. The molecule has 0 amide bonds. The summed E-state index contributed by atoms with van der Waals surface area (Å²) >= 11 is 0. The number of nitrogens with zero attached hydrogens (tertiary/aromatic N) is 2. The third kappa shape index (κ3) is 1.30. The third-order valence-electron chi connectivity index (χ3n) is 2.01. The molecule has 0 spiro atoms. The SMILES string of the molecule is CCc1c(C)nn(CC)c1NO. The normalized spacial score (nSPS) is 10.3. The van der Waals surface area contributed by atoms with Gasteiger partial charge in [0.2, 0.25) is 0 Å². The van der Waals surface area contributed by atoms with Gasteiger partial charge in [-0.15, -0.1) is 0 Å². The molecule has 1 aromatic rings. The van der Waals surface area contributed by atoms with Gasteiger partial charge in [-0.3, -0.25) is 10.7 Å². The van der Waals surface area contributed by atoms with Crippen molar-refractivity contribution >= 4 is 5.82 Å². The smallest absolute Gasteiger partial charge is 0.151 e. The van der Waals surface area contributed by atoms with Crippen LogP contribution in [0, 0.1) is 6.92 Å². The molecule has 0 aliphatic carbocycles. The maximum Gasteiger partial charge on any atom is 0.151 e. The molecule has 12 heavy (non-hydrogen) atoms. The lowest BCUT2D eigenvalue weighted by Gasteiger charge is -2.03. The Labute approximate surface area is 72.2 Å². The molecule has 1 aromatic heterocycles. The first kappa shape index (κ1) is 9.06. The Morgan fingerprint density at radius 1 is 1.50 bits per heavy atom. The summed E-state index contributed by atoms with van der Waals surface area (Å²) < 4.78 is 1.76. The van der Waals surface area contributed by atoms with Gasteiger partial charge >= 0.3 is 0 Å². The molecule has 0 unspecified atom stereocenters. The van der Waals surface area contributed by atoms with Crippen LogP contribution in [0.4, 0.5) is 5.82 Å². The summed E-state index contributed by atoms with van der Waals surface area (Å²) in [5.41, 5.74) is 4.25. The van der Waals surface area contributed by atoms with Crippen LogP contribution in [-0.2, 0) is 13.0 Å². The lowest BCUT2D eigenvalue weighted by atomic mass is 10.2. The molecular weight excluding hydrogens is 154 g/mol. The van der Waals surface area contributed by atoms with Gasteiger partial charge in [-0.2, -0.15) is 5.10 Å². The number of nitrogens with one attached hydrogen (secondary N) is 1. The van der Waals surface area contributed by atoms with Gasteiger partial charge in [0.1, 0.15) is 0 Å². The van der Waals surface area contributed by atoms with Gasteiger partial charge in [-0.1, -0.05) is 6.92 Å². The number of aryl methyl sites for hydroxylation is 2. The van der Waals surface area contributed by atoms with Crippen LogP contribution in [0.2, 0.25) is 0 Å². The molecule has 68 valence electrons. The standard InChI is InChI=1S/C8H15N3O/c1-4-7-6(3)9-11(5-2)8(7)10-12/h10,12H,4-5H2,1-3H3. The van der Waals surface area contributed by atoms with Gasteiger partial charge < -0.3 is 0 Å². The van der Waals surface area contributed by atoms with Gasteiger partial charge in [-0.25, -0.2) is 4.68 Å². The van der Waals surface area contributed by atoms with E-state index in [1.54, 1.807) is 4.68 Å². The van der Waals surface area contributed by atoms with E-state index in [0.717, 1.165) is 30.0 Å². The van der Waals surface area contributed by atoms with E-state index in [9.17, 15) is 0 Å². The fourth-order valence-corrected chi connectivity index (χ4v) is 1.40. The first-order valence-electron chi connectivity index (χ1n) is 4.20. The van der Waals surface area contributed by atoms with E-state index < -0.39 is 0 Å². The third-order valence-corrected chi connectivity index (χ3v) is 2.01. The Morgan fingerprint density at radius 3 is 2.58 bits per heavy atom. The summed E-state index contributed by atoms with van der Waals surface area (Å²) in [6.45, 7) is 6.76. The highest BCUT2D eigenvalue weighted by atomic mass is 16.5. The van der Waals surface area contributed by atoms with Gasteiger partial charge in [-0.05, 0) is 20.3 Å². The molecule has 4 nitrogen and oxygen atoms in total. The molecule has 0 aliphatic heterocycles. The second kappa shape index (κ2) is 3.58. The van der Waals surface area contributed by atoms with Crippen molar-refractivity contribution in [3.05, 3.63) is 11.3 Å². The van der Waals surface area contributed by atoms with Crippen LogP contribution in [0.25, 0.3) is 0 Å². The first-order valence-corrected chi connectivity index (χ1v) is 4.20. The van der Waals surface area contributed by atoms with Gasteiger partial charge in [0.15, 0.2) is 5.82 Å². The van der Waals surface area contributed by atoms with Crippen LogP contribution in [0.3, 0.4) is 0 Å². The summed E-state index contributed by atoms with van der Waals surface area (Å²) in [7, 11) is 0. The van der Waals surface area contributed by atoms with Crippen molar-refractivity contribution in [1.82, 2.24) is 9.78 Å². The first-order chi connectivity index (χ1) is 5.74. The van der Waals surface area contributed by atoms with E-state index in [0.29, 0.717) is 0 Å². The zero-order valence-electron chi connectivity index (χ0n) is 7.76. The van der Waals surface area contributed by atoms with Crippen LogP contribution in [0.15, 0.2) is 0 Å². The quantitative estimate of drug-likeness (QED) is 0.675. The van der Waals surface area contributed by atoms with Crippen molar-refractivity contribution in [3.63, 3.8) is 0 Å². The van der Waals surface area contributed by atoms with Gasteiger partial charge in [0, 0.05) is 12.1 Å². The summed E-state index contributed by atoms with van der Waals surface area (Å²) in [6, 6.07) is 0. The number of aromatic nitrogens is 2. The second-order valence-electron chi connectivity index (χ2n) is 2.69. The number of hydrogen-bond acceptors (Lipinski definition) is 3. The molecular formula is C8H15N3O. The Hall–Kier alpha value is -1.03. The van der Waals surface area contributed by atoms with Crippen LogP contribution >= 0.6 is 0 Å². The second-order valence-corrected chi connectivity index (χ2v) is 2.69. The van der Waals surface area contributed by atoms with Crippen molar-refractivity contribution in [2.24, 2.45) is 0 Å². The minimum absolute atomic E-state index is 0.720. The van der Waals surface area contributed by atoms with Crippen molar-refractivity contribution in [3.8, 4) is 0 Å². The Bertz CT molecular complexity index is 268. The number of anilines is 1. The molecule has 1 rings (SSSR count). The minimum Gasteiger partial charge on any atom is -0.290 e. The molecule has 0 saturated carbocycles. The highest BCUT2D eigenvalue weighted by Gasteiger charge is 2.10. The van der Waals surface area contributed by atoms with Gasteiger partial charge in [0.05, 0.1) is 5.69 Å². The van der Waals surface area contributed by atoms with Crippen molar-refractivity contribution < 1.29 is 5.21 Å². The van der Waals surface area contributed by atoms with E-state index in [4.69, 9.17) is 5.21 Å². The van der Waals surface area contributed by atoms with Crippen molar-refractivity contribution in [2.75, 3.05) is 5.48 Å². The monoisotopic (exact) mass is 169 g/mol. The lowest BCUT2D eigenvalue weighted by molar-refractivity contribution is 0.378. The maximum atomic E-state index is 8.86. The Kier molecular flexibility index (Phi) is 2.70. The van der Waals surface area contributed by atoms with E-state index in [2.05, 4.69) is 10.6 Å². The highest BCUT2D eigenvalue weighted by Crippen LogP contribution is 2.19. The maximum absolute atomic E-state index is 8.86. The molecule has 0 bridgehead atoms. The topological polar surface area (TPSA) is 50.1 Å². The Morgan fingerprint density at radius 2 is 2.17 bits per heavy atom. The van der Waals surface area contributed by atoms with Crippen LogP contribution in [0.1, 0.15) is 25.1 Å². The summed E-state index contributed by atoms with van der Waals surface area (Å²) in [6.07, 6.45) is 0.884. The zero-order valence-corrected chi connectivity index (χ0v) is 7.76. The molecule has 4 heteroatoms.